The van der Waals surface area contributed by atoms with Gasteiger partial charge in [-0.2, -0.15) is 4.52 Å². The molecule has 0 atom stereocenters. The number of hydrogen-bond acceptors (Lipinski definition) is 6. The lowest BCUT2D eigenvalue weighted by Gasteiger charge is -2.17. The second-order valence-corrected chi connectivity index (χ2v) is 6.44. The molecule has 1 aliphatic carbocycles. The van der Waals surface area contributed by atoms with E-state index in [1.165, 1.54) is 5.56 Å². The topological polar surface area (TPSA) is 73.6 Å². The van der Waals surface area contributed by atoms with Crippen LogP contribution in [0.15, 0.2) is 30.3 Å². The molecule has 0 unspecified atom stereocenters. The fourth-order valence-electron chi connectivity index (χ4n) is 3.20. The summed E-state index contributed by atoms with van der Waals surface area (Å²) < 4.78 is 12.7. The monoisotopic (exact) mass is 323 g/mol. The molecule has 24 heavy (non-hydrogen) atoms. The van der Waals surface area contributed by atoms with Crippen LogP contribution in [-0.4, -0.2) is 33.1 Å². The third-order valence-electron chi connectivity index (χ3n) is 4.87. The van der Waals surface area contributed by atoms with Crippen LogP contribution in [0, 0.1) is 6.92 Å². The molecular formula is C17H17N5O2. The molecule has 1 saturated carbocycles. The highest BCUT2D eigenvalue weighted by atomic mass is 16.7. The van der Waals surface area contributed by atoms with Crippen LogP contribution in [0.4, 0.5) is 5.82 Å². The zero-order chi connectivity index (χ0) is 16.1. The number of aromatic nitrogens is 4. The summed E-state index contributed by atoms with van der Waals surface area (Å²) in [6, 6.07) is 10.1. The largest absolute Gasteiger partial charge is 0.454 e. The maximum Gasteiger partial charge on any atom is 0.231 e. The van der Waals surface area contributed by atoms with Crippen molar-refractivity contribution in [3.63, 3.8) is 0 Å². The Balaban J connectivity index is 1.37. The lowest BCUT2D eigenvalue weighted by atomic mass is 9.95. The Hall–Kier alpha value is -2.83. The summed E-state index contributed by atoms with van der Waals surface area (Å²) in [6.07, 6.45) is 2.32. The average molecular weight is 323 g/mol. The molecule has 1 aliphatic heterocycles. The summed E-state index contributed by atoms with van der Waals surface area (Å²) in [4.78, 5) is 0. The predicted molar refractivity (Wildman–Crippen MR) is 87.5 cm³/mol. The molecule has 0 bridgehead atoms. The summed E-state index contributed by atoms with van der Waals surface area (Å²) in [5.74, 6) is 3.29. The molecule has 0 amide bonds. The van der Waals surface area contributed by atoms with Crippen molar-refractivity contribution in [3.8, 4) is 11.5 Å². The molecule has 2 aliphatic rings. The maximum atomic E-state index is 5.51. The van der Waals surface area contributed by atoms with Crippen LogP contribution in [0.5, 0.6) is 11.5 Å². The van der Waals surface area contributed by atoms with Gasteiger partial charge in [0.1, 0.15) is 5.82 Å². The molecule has 3 aromatic rings. The number of ether oxygens (including phenoxy) is 2. The van der Waals surface area contributed by atoms with E-state index < -0.39 is 0 Å². The minimum atomic E-state index is 0.153. The number of fused-ring (bicyclic) bond motifs is 2. The van der Waals surface area contributed by atoms with Crippen LogP contribution in [0.25, 0.3) is 5.65 Å². The quantitative estimate of drug-likeness (QED) is 0.794. The summed E-state index contributed by atoms with van der Waals surface area (Å²) in [7, 11) is 0. The first-order valence-corrected chi connectivity index (χ1v) is 8.07. The molecule has 1 fully saturated rings. The highest BCUT2D eigenvalue weighted by molar-refractivity contribution is 5.50. The molecule has 122 valence electrons. The third-order valence-corrected chi connectivity index (χ3v) is 4.87. The average Bonchev–Trinajstić information content (AvgIpc) is 3.10. The number of rotatable bonds is 4. The fraction of sp³-hybridized carbons (Fsp3) is 0.353. The molecule has 7 heteroatoms. The smallest absolute Gasteiger partial charge is 0.231 e. The molecular weight excluding hydrogens is 306 g/mol. The van der Waals surface area contributed by atoms with E-state index in [1.807, 2.05) is 25.1 Å². The summed E-state index contributed by atoms with van der Waals surface area (Å²) >= 11 is 0. The van der Waals surface area contributed by atoms with Crippen LogP contribution >= 0.6 is 0 Å². The number of nitrogens with zero attached hydrogens (tertiary/aromatic N) is 4. The van der Waals surface area contributed by atoms with E-state index >= 15 is 0 Å². The normalized spacial score (nSPS) is 17.2. The first kappa shape index (κ1) is 13.6. The summed E-state index contributed by atoms with van der Waals surface area (Å²) in [5.41, 5.74) is 2.20. The van der Waals surface area contributed by atoms with E-state index in [0.29, 0.717) is 6.79 Å². The molecule has 0 spiro atoms. The molecule has 5 rings (SSSR count). The molecule has 7 nitrogen and oxygen atoms in total. The van der Waals surface area contributed by atoms with Crippen molar-refractivity contribution in [2.24, 2.45) is 0 Å². The van der Waals surface area contributed by atoms with Gasteiger partial charge in [0.05, 0.1) is 0 Å². The van der Waals surface area contributed by atoms with E-state index in [1.54, 1.807) is 4.52 Å². The highest BCUT2D eigenvalue weighted by Gasteiger charge is 2.44. The van der Waals surface area contributed by atoms with Gasteiger partial charge >= 0.3 is 0 Å². The van der Waals surface area contributed by atoms with Gasteiger partial charge in [0.2, 0.25) is 6.79 Å². The summed E-state index contributed by atoms with van der Waals surface area (Å²) in [5, 5.41) is 16.1. The standard InChI is InChI=1S/C17H17N5O2/c1-11-19-20-16-5-4-15(21-22(11)16)18-9-17(6-7-17)12-2-3-13-14(8-12)24-10-23-13/h2-5,8H,6-7,9-10H2,1H3,(H,18,21). The van der Waals surface area contributed by atoms with Gasteiger partial charge < -0.3 is 14.8 Å². The SMILES string of the molecule is Cc1nnc2ccc(NCC3(c4ccc5c(c4)OCO5)CC3)nn12. The van der Waals surface area contributed by atoms with E-state index in [2.05, 4.69) is 32.7 Å². The van der Waals surface area contributed by atoms with Gasteiger partial charge in [0.15, 0.2) is 23.0 Å². The van der Waals surface area contributed by atoms with Crippen LogP contribution < -0.4 is 14.8 Å². The number of anilines is 1. The van der Waals surface area contributed by atoms with Crippen molar-refractivity contribution in [1.29, 1.82) is 0 Å². The first-order chi connectivity index (χ1) is 11.7. The lowest BCUT2D eigenvalue weighted by molar-refractivity contribution is 0.174. The summed E-state index contributed by atoms with van der Waals surface area (Å²) in [6.45, 7) is 3.05. The van der Waals surface area contributed by atoms with Crippen LogP contribution in [-0.2, 0) is 5.41 Å². The van der Waals surface area contributed by atoms with Gasteiger partial charge in [0.25, 0.3) is 0 Å². The van der Waals surface area contributed by atoms with Gasteiger partial charge in [-0.1, -0.05) is 6.07 Å². The van der Waals surface area contributed by atoms with Gasteiger partial charge in [-0.25, -0.2) is 0 Å². The molecule has 1 N–H and O–H groups in total. The molecule has 0 saturated heterocycles. The van der Waals surface area contributed by atoms with Gasteiger partial charge in [-0.15, -0.1) is 15.3 Å². The third kappa shape index (κ3) is 2.08. The fourth-order valence-corrected chi connectivity index (χ4v) is 3.20. The van der Waals surface area contributed by atoms with Crippen LogP contribution in [0.1, 0.15) is 24.2 Å². The number of nitrogens with one attached hydrogen (secondary N) is 1. The Labute approximate surface area is 138 Å². The Kier molecular flexibility index (Phi) is 2.74. The Morgan fingerprint density at radius 2 is 2.00 bits per heavy atom. The van der Waals surface area contributed by atoms with Crippen molar-refractivity contribution in [2.45, 2.75) is 25.2 Å². The molecule has 3 heterocycles. The Morgan fingerprint density at radius 1 is 1.12 bits per heavy atom. The van der Waals surface area contributed by atoms with Gasteiger partial charge in [-0.3, -0.25) is 0 Å². The number of benzene rings is 1. The number of hydrogen-bond donors (Lipinski definition) is 1. The van der Waals surface area contributed by atoms with Crippen LogP contribution in [0.2, 0.25) is 0 Å². The zero-order valence-electron chi connectivity index (χ0n) is 13.3. The van der Waals surface area contributed by atoms with E-state index in [9.17, 15) is 0 Å². The Morgan fingerprint density at radius 3 is 2.88 bits per heavy atom. The predicted octanol–water partition coefficient (Wildman–Crippen LogP) is 2.31. The Bertz CT molecular complexity index is 932. The van der Waals surface area contributed by atoms with E-state index in [0.717, 1.165) is 48.2 Å². The maximum absolute atomic E-state index is 5.51. The van der Waals surface area contributed by atoms with Crippen molar-refractivity contribution in [1.82, 2.24) is 19.8 Å². The van der Waals surface area contributed by atoms with Crippen molar-refractivity contribution in [3.05, 3.63) is 41.7 Å². The first-order valence-electron chi connectivity index (χ1n) is 8.07. The minimum absolute atomic E-state index is 0.153. The molecule has 2 aromatic heterocycles. The van der Waals surface area contributed by atoms with Crippen molar-refractivity contribution >= 4 is 11.5 Å². The van der Waals surface area contributed by atoms with Crippen LogP contribution in [0.3, 0.4) is 0 Å². The van der Waals surface area contributed by atoms with E-state index in [4.69, 9.17) is 9.47 Å². The second-order valence-electron chi connectivity index (χ2n) is 6.44. The highest BCUT2D eigenvalue weighted by Crippen LogP contribution is 2.50. The van der Waals surface area contributed by atoms with Crippen molar-refractivity contribution in [2.75, 3.05) is 18.7 Å². The van der Waals surface area contributed by atoms with Gasteiger partial charge in [0, 0.05) is 12.0 Å². The zero-order valence-corrected chi connectivity index (χ0v) is 13.3. The molecule has 1 aromatic carbocycles. The molecule has 0 radical (unpaired) electrons. The van der Waals surface area contributed by atoms with Gasteiger partial charge in [-0.05, 0) is 49.6 Å². The second kappa shape index (κ2) is 4.83. The number of aryl methyl sites for hydroxylation is 1. The van der Waals surface area contributed by atoms with E-state index in [-0.39, 0.29) is 5.41 Å². The minimum Gasteiger partial charge on any atom is -0.454 e. The van der Waals surface area contributed by atoms with Crippen molar-refractivity contribution < 1.29 is 9.47 Å². The lowest BCUT2D eigenvalue weighted by Crippen LogP contribution is -2.20.